The van der Waals surface area contributed by atoms with E-state index >= 15 is 0 Å². The van der Waals surface area contributed by atoms with Gasteiger partial charge in [-0.1, -0.05) is 44.2 Å². The molecule has 7 nitrogen and oxygen atoms in total. The van der Waals surface area contributed by atoms with Crippen LogP contribution in [0.4, 0.5) is 4.79 Å². The van der Waals surface area contributed by atoms with Gasteiger partial charge in [-0.15, -0.1) is 0 Å². The first-order valence-electron chi connectivity index (χ1n) is 11.0. The smallest absolute Gasteiger partial charge is 0.410 e. The van der Waals surface area contributed by atoms with E-state index in [-0.39, 0.29) is 31.5 Å². The van der Waals surface area contributed by atoms with Gasteiger partial charge in [0.15, 0.2) is 0 Å². The zero-order chi connectivity index (χ0) is 21.7. The first-order valence-corrected chi connectivity index (χ1v) is 11.0. The zero-order valence-corrected chi connectivity index (χ0v) is 18.3. The molecule has 3 unspecified atom stereocenters. The van der Waals surface area contributed by atoms with E-state index in [1.165, 1.54) is 11.3 Å². The Bertz CT molecular complexity index is 704. The average Bonchev–Trinajstić information content (AvgIpc) is 3.08. The largest absolute Gasteiger partial charge is 0.445 e. The van der Waals surface area contributed by atoms with Crippen molar-refractivity contribution in [3.8, 4) is 0 Å². The molecule has 5 atom stereocenters. The molecule has 0 aromatic heterocycles. The Balaban J connectivity index is 1.52. The van der Waals surface area contributed by atoms with Crippen LogP contribution in [-0.4, -0.2) is 71.3 Å². The second kappa shape index (κ2) is 10.3. The lowest BCUT2D eigenvalue weighted by molar-refractivity contribution is -0.126. The first kappa shape index (κ1) is 22.6. The Morgan fingerprint density at radius 2 is 1.80 bits per heavy atom. The number of likely N-dealkylation sites (tertiary alicyclic amines) is 2. The lowest BCUT2D eigenvalue weighted by Gasteiger charge is -2.36. The van der Waals surface area contributed by atoms with Gasteiger partial charge in [-0.25, -0.2) is 4.79 Å². The van der Waals surface area contributed by atoms with E-state index in [4.69, 9.17) is 4.74 Å². The number of carbonyl (C=O) groups is 2. The van der Waals surface area contributed by atoms with Crippen LogP contribution in [0.25, 0.3) is 0 Å². The van der Waals surface area contributed by atoms with Gasteiger partial charge in [-0.3, -0.25) is 9.69 Å². The van der Waals surface area contributed by atoms with E-state index in [2.05, 4.69) is 24.1 Å². The summed E-state index contributed by atoms with van der Waals surface area (Å²) in [5.74, 6) is 1.10. The van der Waals surface area contributed by atoms with Gasteiger partial charge in [0.2, 0.25) is 5.91 Å². The summed E-state index contributed by atoms with van der Waals surface area (Å²) in [6.45, 7) is 9.66. The van der Waals surface area contributed by atoms with Crippen molar-refractivity contribution in [3.05, 3.63) is 35.9 Å². The Hall–Kier alpha value is -2.12. The number of hydrogen-bond acceptors (Lipinski definition) is 5. The van der Waals surface area contributed by atoms with E-state index in [1.54, 1.807) is 0 Å². The lowest BCUT2D eigenvalue weighted by Crippen LogP contribution is -2.52. The van der Waals surface area contributed by atoms with Crippen LogP contribution in [0.1, 0.15) is 39.2 Å². The molecular weight excluding hydrogens is 382 g/mol. The summed E-state index contributed by atoms with van der Waals surface area (Å²) >= 11 is 0. The number of aliphatic hydroxyl groups excluding tert-OH is 1. The molecular formula is C23H35N3O4. The minimum atomic E-state index is -0.718. The summed E-state index contributed by atoms with van der Waals surface area (Å²) in [4.78, 5) is 29.2. The van der Waals surface area contributed by atoms with Gasteiger partial charge in [0.25, 0.3) is 0 Å². The Morgan fingerprint density at radius 3 is 2.47 bits per heavy atom. The summed E-state index contributed by atoms with van der Waals surface area (Å²) in [6.07, 6.45) is 0.194. The van der Waals surface area contributed by atoms with Crippen LogP contribution in [-0.2, 0) is 16.1 Å². The highest BCUT2D eigenvalue weighted by Crippen LogP contribution is 2.22. The summed E-state index contributed by atoms with van der Waals surface area (Å²) in [7, 11) is 0. The second-order valence-corrected chi connectivity index (χ2v) is 9.17. The molecule has 0 spiro atoms. The summed E-state index contributed by atoms with van der Waals surface area (Å²) < 4.78 is 5.38. The number of piperidine rings is 1. The quantitative estimate of drug-likeness (QED) is 0.742. The number of carbonyl (C=O) groups excluding carboxylic acids is 2. The molecule has 2 saturated heterocycles. The predicted octanol–water partition coefficient (Wildman–Crippen LogP) is 2.24. The second-order valence-electron chi connectivity index (χ2n) is 9.17. The molecule has 2 amide bonds. The van der Waals surface area contributed by atoms with E-state index in [9.17, 15) is 14.7 Å². The van der Waals surface area contributed by atoms with Gasteiger partial charge >= 0.3 is 6.09 Å². The van der Waals surface area contributed by atoms with Crippen molar-refractivity contribution in [2.45, 2.75) is 58.4 Å². The Kier molecular flexibility index (Phi) is 7.72. The van der Waals surface area contributed by atoms with Crippen molar-refractivity contribution in [2.75, 3.05) is 26.2 Å². The molecule has 3 rings (SSSR count). The predicted molar refractivity (Wildman–Crippen MR) is 115 cm³/mol. The van der Waals surface area contributed by atoms with Gasteiger partial charge in [-0.2, -0.15) is 0 Å². The highest BCUT2D eigenvalue weighted by Gasteiger charge is 2.40. The van der Waals surface area contributed by atoms with E-state index in [0.29, 0.717) is 11.8 Å². The molecule has 2 N–H and O–H groups in total. The minimum absolute atomic E-state index is 0.0325. The number of nitrogens with zero attached hydrogens (tertiary/aromatic N) is 2. The summed E-state index contributed by atoms with van der Waals surface area (Å²) in [6, 6.07) is 8.67. The van der Waals surface area contributed by atoms with Crippen molar-refractivity contribution in [1.29, 1.82) is 0 Å². The van der Waals surface area contributed by atoms with Gasteiger partial charge in [0.05, 0.1) is 12.6 Å². The molecule has 2 aliphatic rings. The number of amides is 2. The molecule has 2 aliphatic heterocycles. The SMILES string of the molecule is CC1CC(C)CN(CC(C)NC(=O)[C@@H]2C[C@@H](O)CN2C(=O)OCc2ccccc2)C1. The number of aliphatic hydroxyl groups is 1. The zero-order valence-electron chi connectivity index (χ0n) is 18.3. The number of hydrogen-bond donors (Lipinski definition) is 2. The molecule has 1 aromatic rings. The maximum atomic E-state index is 12.9. The number of β-amino-alcohol motifs (C(OH)–C–C–N with tert-alkyl or cyclic N) is 1. The standard InChI is InChI=1S/C23H35N3O4/c1-16-9-17(2)12-25(11-16)13-18(3)24-22(28)21-10-20(27)14-26(21)23(29)30-15-19-7-5-4-6-8-19/h4-8,16-18,20-21,27H,9-15H2,1-3H3,(H,24,28)/t16?,17?,18?,20-,21+/m1/s1. The highest BCUT2D eigenvalue weighted by atomic mass is 16.6. The molecule has 2 heterocycles. The molecule has 1 aromatic carbocycles. The minimum Gasteiger partial charge on any atom is -0.445 e. The van der Waals surface area contributed by atoms with Crippen LogP contribution >= 0.6 is 0 Å². The molecule has 7 heteroatoms. The molecule has 0 aliphatic carbocycles. The topological polar surface area (TPSA) is 82.1 Å². The Morgan fingerprint density at radius 1 is 1.13 bits per heavy atom. The fraction of sp³-hybridized carbons (Fsp3) is 0.652. The normalized spacial score (nSPS) is 28.2. The number of rotatable bonds is 6. The maximum absolute atomic E-state index is 12.9. The van der Waals surface area contributed by atoms with Crippen molar-refractivity contribution in [1.82, 2.24) is 15.1 Å². The van der Waals surface area contributed by atoms with E-state index < -0.39 is 18.2 Å². The maximum Gasteiger partial charge on any atom is 0.410 e. The fourth-order valence-corrected chi connectivity index (χ4v) is 4.78. The van der Waals surface area contributed by atoms with Crippen LogP contribution in [0.3, 0.4) is 0 Å². The Labute approximate surface area is 179 Å². The summed E-state index contributed by atoms with van der Waals surface area (Å²) in [5, 5.41) is 13.1. The van der Waals surface area contributed by atoms with E-state index in [1.807, 2.05) is 37.3 Å². The third-order valence-electron chi connectivity index (χ3n) is 5.89. The van der Waals surface area contributed by atoms with Crippen molar-refractivity contribution < 1.29 is 19.4 Å². The molecule has 0 saturated carbocycles. The van der Waals surface area contributed by atoms with E-state index in [0.717, 1.165) is 25.2 Å². The van der Waals surface area contributed by atoms with Gasteiger partial charge < -0.3 is 20.1 Å². The van der Waals surface area contributed by atoms with Crippen LogP contribution in [0.2, 0.25) is 0 Å². The van der Waals surface area contributed by atoms with Gasteiger partial charge in [0, 0.05) is 32.1 Å². The number of ether oxygens (including phenoxy) is 1. The van der Waals surface area contributed by atoms with Gasteiger partial charge in [-0.05, 0) is 30.7 Å². The lowest BCUT2D eigenvalue weighted by atomic mass is 9.92. The van der Waals surface area contributed by atoms with Crippen LogP contribution in [0.15, 0.2) is 30.3 Å². The number of nitrogens with one attached hydrogen (secondary N) is 1. The van der Waals surface area contributed by atoms with Crippen molar-refractivity contribution >= 4 is 12.0 Å². The van der Waals surface area contributed by atoms with Crippen molar-refractivity contribution in [3.63, 3.8) is 0 Å². The monoisotopic (exact) mass is 417 g/mol. The first-order chi connectivity index (χ1) is 14.3. The summed E-state index contributed by atoms with van der Waals surface area (Å²) in [5.41, 5.74) is 0.880. The highest BCUT2D eigenvalue weighted by molar-refractivity contribution is 5.86. The third kappa shape index (κ3) is 6.19. The van der Waals surface area contributed by atoms with Crippen LogP contribution < -0.4 is 5.32 Å². The van der Waals surface area contributed by atoms with Crippen molar-refractivity contribution in [2.24, 2.45) is 11.8 Å². The molecule has 30 heavy (non-hydrogen) atoms. The third-order valence-corrected chi connectivity index (χ3v) is 5.89. The number of benzene rings is 1. The molecule has 0 bridgehead atoms. The van der Waals surface area contributed by atoms with Gasteiger partial charge in [0.1, 0.15) is 12.6 Å². The average molecular weight is 418 g/mol. The van der Waals surface area contributed by atoms with Crippen LogP contribution in [0, 0.1) is 11.8 Å². The molecule has 166 valence electrons. The molecule has 0 radical (unpaired) electrons. The fourth-order valence-electron chi connectivity index (χ4n) is 4.78. The van der Waals surface area contributed by atoms with Crippen LogP contribution in [0.5, 0.6) is 0 Å². The molecule has 2 fully saturated rings.